The van der Waals surface area contributed by atoms with E-state index < -0.39 is 17.9 Å². The van der Waals surface area contributed by atoms with Gasteiger partial charge in [-0.2, -0.15) is 0 Å². The third-order valence-corrected chi connectivity index (χ3v) is 3.25. The van der Waals surface area contributed by atoms with Crippen LogP contribution in [0.5, 0.6) is 0 Å². The van der Waals surface area contributed by atoms with Gasteiger partial charge in [0.2, 0.25) is 0 Å². The number of benzene rings is 1. The second-order valence-corrected chi connectivity index (χ2v) is 4.89. The van der Waals surface area contributed by atoms with Crippen LogP contribution in [0.2, 0.25) is 0 Å². The Morgan fingerprint density at radius 3 is 2.36 bits per heavy atom. The smallest absolute Gasteiger partial charge is 0.267 e. The van der Waals surface area contributed by atoms with Crippen molar-refractivity contribution in [1.82, 2.24) is 10.8 Å². The number of nitrogens with two attached hydrogens (primary N) is 1. The molecule has 0 aromatic heterocycles. The van der Waals surface area contributed by atoms with Gasteiger partial charge in [0, 0.05) is 12.1 Å². The zero-order valence-corrected chi connectivity index (χ0v) is 12.3. The van der Waals surface area contributed by atoms with Crippen molar-refractivity contribution in [3.8, 4) is 0 Å². The molecule has 124 valence electrons. The summed E-state index contributed by atoms with van der Waals surface area (Å²) >= 11 is 0. The van der Waals surface area contributed by atoms with Crippen molar-refractivity contribution in [3.05, 3.63) is 35.4 Å². The third kappa shape index (κ3) is 6.24. The van der Waals surface area contributed by atoms with Gasteiger partial charge in [0.05, 0.1) is 0 Å². The van der Waals surface area contributed by atoms with Crippen LogP contribution in [-0.2, 0) is 11.2 Å². The molecule has 0 saturated carbocycles. The number of hydrogen-bond acceptors (Lipinski definition) is 4. The van der Waals surface area contributed by atoms with Gasteiger partial charge in [-0.3, -0.25) is 14.8 Å². The quantitative estimate of drug-likeness (QED) is 0.333. The van der Waals surface area contributed by atoms with E-state index in [9.17, 15) is 9.59 Å². The molecule has 22 heavy (non-hydrogen) atoms. The first-order chi connectivity index (χ1) is 10.1. The molecule has 6 heteroatoms. The highest BCUT2D eigenvalue weighted by molar-refractivity contribution is 5.97. The summed E-state index contributed by atoms with van der Waals surface area (Å²) in [7, 11) is 0. The molecule has 0 aliphatic heterocycles. The van der Waals surface area contributed by atoms with E-state index in [1.807, 2.05) is 12.1 Å². The van der Waals surface area contributed by atoms with Gasteiger partial charge in [0.15, 0.2) is 0 Å². The number of unbranched alkanes of at least 4 members (excludes halogenated alkanes) is 2. The Balaban J connectivity index is 0.00000441. The SMILES string of the molecule is C.CCCCCc1ccc(C(=O)N[C@@H](CN)C(=O)NO)cc1. The Labute approximate surface area is 132 Å². The van der Waals surface area contributed by atoms with Gasteiger partial charge in [-0.05, 0) is 30.5 Å². The lowest BCUT2D eigenvalue weighted by Crippen LogP contribution is -2.50. The zero-order chi connectivity index (χ0) is 15.7. The minimum absolute atomic E-state index is 0. The predicted molar refractivity (Wildman–Crippen MR) is 86.6 cm³/mol. The van der Waals surface area contributed by atoms with E-state index in [1.54, 1.807) is 12.1 Å². The maximum Gasteiger partial charge on any atom is 0.267 e. The van der Waals surface area contributed by atoms with Crippen LogP contribution < -0.4 is 16.5 Å². The Morgan fingerprint density at radius 1 is 1.23 bits per heavy atom. The molecular weight excluding hydrogens is 282 g/mol. The first-order valence-electron chi connectivity index (χ1n) is 7.16. The summed E-state index contributed by atoms with van der Waals surface area (Å²) in [5.41, 5.74) is 8.50. The number of hydroxylamine groups is 1. The molecule has 0 spiro atoms. The van der Waals surface area contributed by atoms with E-state index in [1.165, 1.54) is 23.9 Å². The first-order valence-corrected chi connectivity index (χ1v) is 7.16. The number of hydrogen-bond donors (Lipinski definition) is 4. The number of rotatable bonds is 8. The molecule has 0 aliphatic rings. The van der Waals surface area contributed by atoms with Crippen LogP contribution in [0.4, 0.5) is 0 Å². The van der Waals surface area contributed by atoms with Crippen LogP contribution in [0.15, 0.2) is 24.3 Å². The predicted octanol–water partition coefficient (Wildman–Crippen LogP) is 1.62. The van der Waals surface area contributed by atoms with Crippen molar-refractivity contribution >= 4 is 11.8 Å². The number of carbonyl (C=O) groups is 2. The molecule has 0 bridgehead atoms. The van der Waals surface area contributed by atoms with E-state index in [4.69, 9.17) is 10.9 Å². The third-order valence-electron chi connectivity index (χ3n) is 3.25. The Morgan fingerprint density at radius 2 is 1.86 bits per heavy atom. The molecule has 0 aliphatic carbocycles. The molecule has 1 rings (SSSR count). The van der Waals surface area contributed by atoms with Crippen LogP contribution in [0.3, 0.4) is 0 Å². The van der Waals surface area contributed by atoms with E-state index in [0.717, 1.165) is 12.8 Å². The molecule has 0 radical (unpaired) electrons. The second kappa shape index (κ2) is 10.8. The Hall–Kier alpha value is -1.92. The summed E-state index contributed by atoms with van der Waals surface area (Å²) in [5, 5.41) is 11.0. The minimum Gasteiger partial charge on any atom is -0.339 e. The molecule has 0 unspecified atom stereocenters. The van der Waals surface area contributed by atoms with Crippen LogP contribution >= 0.6 is 0 Å². The number of aryl methyl sites for hydroxylation is 1. The van der Waals surface area contributed by atoms with Gasteiger partial charge in [-0.25, -0.2) is 5.48 Å². The molecule has 0 fully saturated rings. The maximum atomic E-state index is 12.0. The van der Waals surface area contributed by atoms with Crippen molar-refractivity contribution in [2.45, 2.75) is 46.1 Å². The van der Waals surface area contributed by atoms with E-state index >= 15 is 0 Å². The lowest BCUT2D eigenvalue weighted by atomic mass is 10.0. The van der Waals surface area contributed by atoms with Crippen molar-refractivity contribution in [1.29, 1.82) is 0 Å². The van der Waals surface area contributed by atoms with Gasteiger partial charge in [-0.15, -0.1) is 0 Å². The molecular formula is C16H27N3O3. The molecule has 0 heterocycles. The second-order valence-electron chi connectivity index (χ2n) is 4.89. The van der Waals surface area contributed by atoms with Gasteiger partial charge >= 0.3 is 0 Å². The molecule has 1 atom stereocenters. The van der Waals surface area contributed by atoms with Gasteiger partial charge in [0.25, 0.3) is 11.8 Å². The largest absolute Gasteiger partial charge is 0.339 e. The first kappa shape index (κ1) is 20.1. The topological polar surface area (TPSA) is 104 Å². The highest BCUT2D eigenvalue weighted by Crippen LogP contribution is 2.09. The molecule has 5 N–H and O–H groups in total. The fourth-order valence-electron chi connectivity index (χ4n) is 1.95. The van der Waals surface area contributed by atoms with Crippen molar-refractivity contribution in [3.63, 3.8) is 0 Å². The van der Waals surface area contributed by atoms with E-state index in [-0.39, 0.29) is 14.0 Å². The summed E-state index contributed by atoms with van der Waals surface area (Å²) in [6.45, 7) is 2.07. The average Bonchev–Trinajstić information content (AvgIpc) is 2.52. The minimum atomic E-state index is -0.952. The molecule has 2 amide bonds. The Bertz CT molecular complexity index is 460. The summed E-state index contributed by atoms with van der Waals surface area (Å²) in [6, 6.07) is 6.32. The van der Waals surface area contributed by atoms with Crippen molar-refractivity contribution in [2.24, 2.45) is 5.73 Å². The van der Waals surface area contributed by atoms with E-state index in [2.05, 4.69) is 12.2 Å². The summed E-state index contributed by atoms with van der Waals surface area (Å²) in [6.07, 6.45) is 4.49. The highest BCUT2D eigenvalue weighted by atomic mass is 16.5. The normalized spacial score (nSPS) is 11.2. The van der Waals surface area contributed by atoms with Gasteiger partial charge in [-0.1, -0.05) is 39.3 Å². The fourth-order valence-corrected chi connectivity index (χ4v) is 1.95. The fraction of sp³-hybridized carbons (Fsp3) is 0.500. The zero-order valence-electron chi connectivity index (χ0n) is 12.3. The number of amides is 2. The average molecular weight is 309 g/mol. The van der Waals surface area contributed by atoms with Crippen LogP contribution in [0.1, 0.15) is 49.5 Å². The molecule has 1 aromatic rings. The van der Waals surface area contributed by atoms with Crippen molar-refractivity contribution < 1.29 is 14.8 Å². The van der Waals surface area contributed by atoms with Gasteiger partial charge < -0.3 is 11.1 Å². The summed E-state index contributed by atoms with van der Waals surface area (Å²) in [4.78, 5) is 23.2. The molecule has 0 saturated heterocycles. The highest BCUT2D eigenvalue weighted by Gasteiger charge is 2.19. The number of nitrogens with one attached hydrogen (secondary N) is 2. The number of carbonyl (C=O) groups excluding carboxylic acids is 2. The molecule has 1 aromatic carbocycles. The lowest BCUT2D eigenvalue weighted by Gasteiger charge is -2.14. The van der Waals surface area contributed by atoms with Gasteiger partial charge in [0.1, 0.15) is 6.04 Å². The lowest BCUT2D eigenvalue weighted by molar-refractivity contribution is -0.130. The van der Waals surface area contributed by atoms with Crippen LogP contribution in [-0.4, -0.2) is 29.6 Å². The standard InChI is InChI=1S/C15H23N3O3.CH4/c1-2-3-4-5-11-6-8-12(9-7-11)14(19)17-13(10-16)15(20)18-21;/h6-9,13,21H,2-5,10,16H2,1H3,(H,17,19)(H,18,20);1H4/t13-;/m0./s1. The van der Waals surface area contributed by atoms with Crippen molar-refractivity contribution in [2.75, 3.05) is 6.54 Å². The van der Waals surface area contributed by atoms with E-state index in [0.29, 0.717) is 5.56 Å². The van der Waals surface area contributed by atoms with Crippen LogP contribution in [0.25, 0.3) is 0 Å². The Kier molecular flexibility index (Phi) is 9.82. The monoisotopic (exact) mass is 309 g/mol. The van der Waals surface area contributed by atoms with Crippen LogP contribution in [0, 0.1) is 0 Å². The summed E-state index contributed by atoms with van der Waals surface area (Å²) < 4.78 is 0. The maximum absolute atomic E-state index is 12.0. The summed E-state index contributed by atoms with van der Waals surface area (Å²) in [5.74, 6) is -1.13. The molecule has 6 nitrogen and oxygen atoms in total.